The van der Waals surface area contributed by atoms with Gasteiger partial charge in [-0.1, -0.05) is 17.0 Å². The number of carbonyl (C=O) groups is 1. The first-order valence-electron chi connectivity index (χ1n) is 5.72. The van der Waals surface area contributed by atoms with E-state index < -0.39 is 11.7 Å². The summed E-state index contributed by atoms with van der Waals surface area (Å²) in [6, 6.07) is 4.10. The lowest BCUT2D eigenvalue weighted by Gasteiger charge is -2.04. The number of carbonyl (C=O) groups excluding carboxylic acids is 1. The fourth-order valence-corrected chi connectivity index (χ4v) is 1.45. The zero-order valence-electron chi connectivity index (χ0n) is 10.4. The van der Waals surface area contributed by atoms with Gasteiger partial charge in [0.15, 0.2) is 5.82 Å². The van der Waals surface area contributed by atoms with Crippen molar-refractivity contribution in [3.63, 3.8) is 0 Å². The number of rotatable bonds is 3. The number of hydrogen-bond donors (Lipinski definition) is 2. The Balaban J connectivity index is 2.06. The number of nitrogens with two attached hydrogens (primary N) is 1. The van der Waals surface area contributed by atoms with E-state index in [9.17, 15) is 9.18 Å². The Morgan fingerprint density at radius 2 is 2.35 bits per heavy atom. The van der Waals surface area contributed by atoms with E-state index in [1.54, 1.807) is 6.07 Å². The maximum atomic E-state index is 13.8. The number of aromatic nitrogens is 2. The highest BCUT2D eigenvalue weighted by molar-refractivity contribution is 5.94. The molecule has 7 heteroatoms. The van der Waals surface area contributed by atoms with Crippen molar-refractivity contribution in [3.8, 4) is 11.8 Å². The van der Waals surface area contributed by atoms with Gasteiger partial charge in [0.2, 0.25) is 6.39 Å². The molecule has 1 amide bonds. The Morgan fingerprint density at radius 1 is 1.50 bits per heavy atom. The van der Waals surface area contributed by atoms with Crippen molar-refractivity contribution >= 4 is 5.91 Å². The first-order chi connectivity index (χ1) is 9.70. The van der Waals surface area contributed by atoms with Crippen LogP contribution in [0.2, 0.25) is 0 Å². The van der Waals surface area contributed by atoms with E-state index in [2.05, 4.69) is 31.8 Å². The minimum atomic E-state index is -0.653. The van der Waals surface area contributed by atoms with Gasteiger partial charge in [0, 0.05) is 5.56 Å². The molecule has 102 valence electrons. The number of halogens is 1. The van der Waals surface area contributed by atoms with Crippen LogP contribution in [0.15, 0.2) is 29.1 Å². The second kappa shape index (κ2) is 6.45. The van der Waals surface area contributed by atoms with E-state index in [0.29, 0.717) is 11.4 Å². The van der Waals surface area contributed by atoms with Crippen LogP contribution in [0.4, 0.5) is 4.39 Å². The average molecular weight is 274 g/mol. The molecule has 0 atom stereocenters. The lowest BCUT2D eigenvalue weighted by atomic mass is 10.1. The summed E-state index contributed by atoms with van der Waals surface area (Å²) in [7, 11) is 0. The average Bonchev–Trinajstić information content (AvgIpc) is 2.96. The molecule has 1 aromatic heterocycles. The van der Waals surface area contributed by atoms with E-state index in [0.717, 1.165) is 6.39 Å². The molecule has 0 fully saturated rings. The minimum absolute atomic E-state index is 0.0590. The maximum Gasteiger partial charge on any atom is 0.254 e. The molecule has 2 aromatic rings. The summed E-state index contributed by atoms with van der Waals surface area (Å²) in [6.07, 6.45) is 1.15. The smallest absolute Gasteiger partial charge is 0.254 e. The first kappa shape index (κ1) is 13.7. The first-order valence-corrected chi connectivity index (χ1v) is 5.72. The van der Waals surface area contributed by atoms with Crippen molar-refractivity contribution in [2.45, 2.75) is 6.54 Å². The van der Waals surface area contributed by atoms with E-state index in [1.807, 2.05) is 0 Å². The SMILES string of the molecule is NCC#Cc1ccc(C(=O)NCc2ncon2)c(F)c1. The molecule has 6 nitrogen and oxygen atoms in total. The van der Waals surface area contributed by atoms with Crippen LogP contribution >= 0.6 is 0 Å². The third kappa shape index (κ3) is 3.40. The maximum absolute atomic E-state index is 13.8. The van der Waals surface area contributed by atoms with Crippen molar-refractivity contribution in [2.24, 2.45) is 5.73 Å². The predicted molar refractivity (Wildman–Crippen MR) is 67.8 cm³/mol. The molecule has 2 rings (SSSR count). The molecule has 1 heterocycles. The minimum Gasteiger partial charge on any atom is -0.345 e. The van der Waals surface area contributed by atoms with Crippen molar-refractivity contribution in [1.29, 1.82) is 0 Å². The van der Waals surface area contributed by atoms with Gasteiger partial charge in [-0.2, -0.15) is 4.98 Å². The molecule has 0 spiro atoms. The van der Waals surface area contributed by atoms with Crippen molar-refractivity contribution < 1.29 is 13.7 Å². The monoisotopic (exact) mass is 274 g/mol. The van der Waals surface area contributed by atoms with Gasteiger partial charge < -0.3 is 15.6 Å². The van der Waals surface area contributed by atoms with E-state index in [4.69, 9.17) is 5.73 Å². The molecule has 20 heavy (non-hydrogen) atoms. The lowest BCUT2D eigenvalue weighted by molar-refractivity contribution is 0.0945. The highest BCUT2D eigenvalue weighted by Crippen LogP contribution is 2.10. The Hall–Kier alpha value is -2.72. The van der Waals surface area contributed by atoms with Gasteiger partial charge in [-0.05, 0) is 18.2 Å². The third-order valence-corrected chi connectivity index (χ3v) is 2.36. The van der Waals surface area contributed by atoms with Gasteiger partial charge in [0.05, 0.1) is 18.7 Å². The third-order valence-electron chi connectivity index (χ3n) is 2.36. The molecular weight excluding hydrogens is 263 g/mol. The molecule has 3 N–H and O–H groups in total. The Labute approximate surface area is 114 Å². The number of amides is 1. The number of nitrogens with zero attached hydrogens (tertiary/aromatic N) is 2. The molecular formula is C13H11FN4O2. The van der Waals surface area contributed by atoms with Crippen molar-refractivity contribution in [1.82, 2.24) is 15.5 Å². The second-order valence-electron chi connectivity index (χ2n) is 3.73. The van der Waals surface area contributed by atoms with Gasteiger partial charge >= 0.3 is 0 Å². The van der Waals surface area contributed by atoms with Crippen LogP contribution in [0.1, 0.15) is 21.7 Å². The quantitative estimate of drug-likeness (QED) is 0.792. The molecule has 0 radical (unpaired) electrons. The zero-order chi connectivity index (χ0) is 14.4. The Kier molecular flexibility index (Phi) is 4.42. The van der Waals surface area contributed by atoms with Crippen LogP contribution in [0.3, 0.4) is 0 Å². The van der Waals surface area contributed by atoms with Gasteiger partial charge in [-0.15, -0.1) is 0 Å². The van der Waals surface area contributed by atoms with E-state index in [1.165, 1.54) is 12.1 Å². The number of nitrogens with one attached hydrogen (secondary N) is 1. The summed E-state index contributed by atoms with van der Waals surface area (Å²) < 4.78 is 18.3. The fraction of sp³-hybridized carbons (Fsp3) is 0.154. The second-order valence-corrected chi connectivity index (χ2v) is 3.73. The number of benzene rings is 1. The molecule has 0 saturated heterocycles. The number of hydrogen-bond acceptors (Lipinski definition) is 5. The van der Waals surface area contributed by atoms with Crippen LogP contribution in [0, 0.1) is 17.7 Å². The van der Waals surface area contributed by atoms with Crippen LogP contribution in [-0.2, 0) is 6.54 Å². The molecule has 0 unspecified atom stereocenters. The van der Waals surface area contributed by atoms with Gasteiger partial charge in [0.25, 0.3) is 5.91 Å². The topological polar surface area (TPSA) is 94.0 Å². The zero-order valence-corrected chi connectivity index (χ0v) is 10.4. The molecule has 1 aromatic carbocycles. The standard InChI is InChI=1S/C13H11FN4O2/c14-11-6-9(2-1-5-15)3-4-10(11)13(19)16-7-12-17-8-20-18-12/h3-4,6,8H,5,7,15H2,(H,16,19). The van der Waals surface area contributed by atoms with Gasteiger partial charge in [0.1, 0.15) is 5.82 Å². The predicted octanol–water partition coefficient (Wildman–Crippen LogP) is 0.449. The van der Waals surface area contributed by atoms with Gasteiger partial charge in [-0.25, -0.2) is 4.39 Å². The molecule has 0 saturated carbocycles. The molecule has 0 aliphatic heterocycles. The van der Waals surface area contributed by atoms with Crippen molar-refractivity contribution in [3.05, 3.63) is 47.4 Å². The van der Waals surface area contributed by atoms with Crippen molar-refractivity contribution in [2.75, 3.05) is 6.54 Å². The fourth-order valence-electron chi connectivity index (χ4n) is 1.45. The molecule has 0 aliphatic rings. The summed E-state index contributed by atoms with van der Waals surface area (Å²) in [5.74, 6) is 4.39. The van der Waals surface area contributed by atoms with Crippen LogP contribution in [-0.4, -0.2) is 22.6 Å². The Bertz CT molecular complexity index is 659. The highest BCUT2D eigenvalue weighted by atomic mass is 19.1. The van der Waals surface area contributed by atoms with E-state index >= 15 is 0 Å². The Morgan fingerprint density at radius 3 is 3.00 bits per heavy atom. The summed E-state index contributed by atoms with van der Waals surface area (Å²) in [6.45, 7) is 0.248. The van der Waals surface area contributed by atoms with Crippen LogP contribution in [0.5, 0.6) is 0 Å². The summed E-state index contributed by atoms with van der Waals surface area (Å²) >= 11 is 0. The highest BCUT2D eigenvalue weighted by Gasteiger charge is 2.12. The van der Waals surface area contributed by atoms with E-state index in [-0.39, 0.29) is 18.7 Å². The lowest BCUT2D eigenvalue weighted by Crippen LogP contribution is -2.24. The summed E-state index contributed by atoms with van der Waals surface area (Å²) in [5, 5.41) is 6.01. The summed E-state index contributed by atoms with van der Waals surface area (Å²) in [4.78, 5) is 15.5. The molecule has 0 aliphatic carbocycles. The largest absolute Gasteiger partial charge is 0.345 e. The normalized spacial score (nSPS) is 9.70. The summed E-state index contributed by atoms with van der Waals surface area (Å²) in [5.41, 5.74) is 5.61. The molecule has 0 bridgehead atoms. The van der Waals surface area contributed by atoms with Crippen LogP contribution in [0.25, 0.3) is 0 Å². The van der Waals surface area contributed by atoms with Crippen LogP contribution < -0.4 is 11.1 Å². The van der Waals surface area contributed by atoms with Gasteiger partial charge in [-0.3, -0.25) is 4.79 Å².